The minimum atomic E-state index is 0.760. The van der Waals surface area contributed by atoms with Crippen LogP contribution < -0.4 is 5.32 Å². The fourth-order valence-electron chi connectivity index (χ4n) is 1.39. The van der Waals surface area contributed by atoms with Gasteiger partial charge in [0.05, 0.1) is 6.61 Å². The summed E-state index contributed by atoms with van der Waals surface area (Å²) in [7, 11) is 1.72. The fourth-order valence-corrected chi connectivity index (χ4v) is 2.28. The minimum Gasteiger partial charge on any atom is -0.383 e. The molecule has 0 saturated carbocycles. The van der Waals surface area contributed by atoms with E-state index in [0.29, 0.717) is 0 Å². The zero-order valence-corrected chi connectivity index (χ0v) is 11.4. The summed E-state index contributed by atoms with van der Waals surface area (Å²) in [6, 6.07) is 8.67. The Labute approximate surface area is 108 Å². The first-order valence-corrected chi connectivity index (χ1v) is 6.88. The van der Waals surface area contributed by atoms with Gasteiger partial charge in [0.25, 0.3) is 0 Å². The lowest BCUT2D eigenvalue weighted by Gasteiger charge is -2.06. The molecule has 0 bridgehead atoms. The Hall–Kier alpha value is -0.770. The molecule has 0 unspecified atom stereocenters. The second kappa shape index (κ2) is 9.28. The van der Waals surface area contributed by atoms with Crippen molar-refractivity contribution in [3.8, 4) is 0 Å². The summed E-state index contributed by atoms with van der Waals surface area (Å²) in [6.45, 7) is 4.61. The molecule has 1 rings (SSSR count). The lowest BCUT2D eigenvalue weighted by Crippen LogP contribution is -2.18. The Morgan fingerprint density at radius 1 is 1.41 bits per heavy atom. The van der Waals surface area contributed by atoms with Gasteiger partial charge in [-0.25, -0.2) is 0 Å². The number of benzene rings is 1. The SMILES string of the molecule is CC=CCSc1cccc(CNCCOC)c1. The van der Waals surface area contributed by atoms with Crippen molar-refractivity contribution < 1.29 is 4.74 Å². The van der Waals surface area contributed by atoms with Crippen molar-refractivity contribution in [2.75, 3.05) is 26.0 Å². The molecule has 0 saturated heterocycles. The highest BCUT2D eigenvalue weighted by Gasteiger charge is 1.96. The average Bonchev–Trinajstić information content (AvgIpc) is 2.36. The number of ether oxygens (including phenoxy) is 1. The van der Waals surface area contributed by atoms with Crippen molar-refractivity contribution in [3.63, 3.8) is 0 Å². The van der Waals surface area contributed by atoms with Crippen molar-refractivity contribution in [1.29, 1.82) is 0 Å². The molecular formula is C14H21NOS. The lowest BCUT2D eigenvalue weighted by molar-refractivity contribution is 0.199. The maximum atomic E-state index is 4.99. The second-order valence-corrected chi connectivity index (χ2v) is 4.79. The number of nitrogens with one attached hydrogen (secondary N) is 1. The third-order valence-electron chi connectivity index (χ3n) is 2.29. The Bertz CT molecular complexity index is 339. The molecule has 0 fully saturated rings. The molecule has 2 nitrogen and oxygen atoms in total. The van der Waals surface area contributed by atoms with E-state index >= 15 is 0 Å². The van der Waals surface area contributed by atoms with Crippen LogP contribution in [0.1, 0.15) is 12.5 Å². The van der Waals surface area contributed by atoms with Crippen LogP contribution in [0.2, 0.25) is 0 Å². The monoisotopic (exact) mass is 251 g/mol. The molecule has 1 aromatic rings. The lowest BCUT2D eigenvalue weighted by atomic mass is 10.2. The van der Waals surface area contributed by atoms with E-state index in [9.17, 15) is 0 Å². The normalized spacial score (nSPS) is 11.2. The van der Waals surface area contributed by atoms with Gasteiger partial charge >= 0.3 is 0 Å². The van der Waals surface area contributed by atoms with Crippen LogP contribution in [0.4, 0.5) is 0 Å². The number of thioether (sulfide) groups is 1. The Kier molecular flexibility index (Phi) is 7.80. The highest BCUT2D eigenvalue weighted by molar-refractivity contribution is 7.99. The first-order valence-electron chi connectivity index (χ1n) is 5.89. The molecule has 3 heteroatoms. The first kappa shape index (κ1) is 14.3. The molecule has 94 valence electrons. The molecule has 0 aliphatic carbocycles. The van der Waals surface area contributed by atoms with Crippen LogP contribution in [-0.2, 0) is 11.3 Å². The van der Waals surface area contributed by atoms with Gasteiger partial charge in [-0.05, 0) is 24.6 Å². The summed E-state index contributed by atoms with van der Waals surface area (Å²) in [5, 5.41) is 3.35. The molecule has 0 spiro atoms. The van der Waals surface area contributed by atoms with Crippen molar-refractivity contribution in [3.05, 3.63) is 42.0 Å². The van der Waals surface area contributed by atoms with Gasteiger partial charge in [-0.2, -0.15) is 0 Å². The molecular weight excluding hydrogens is 230 g/mol. The standard InChI is InChI=1S/C14H21NOS/c1-3-4-10-17-14-7-5-6-13(11-14)12-15-8-9-16-2/h3-7,11,15H,8-10,12H2,1-2H3. The third kappa shape index (κ3) is 6.51. The molecule has 0 atom stereocenters. The smallest absolute Gasteiger partial charge is 0.0587 e. The van der Waals surface area contributed by atoms with E-state index in [1.54, 1.807) is 7.11 Å². The van der Waals surface area contributed by atoms with E-state index in [0.717, 1.165) is 25.4 Å². The van der Waals surface area contributed by atoms with Crippen LogP contribution in [0.15, 0.2) is 41.3 Å². The van der Waals surface area contributed by atoms with Crippen LogP contribution in [0.5, 0.6) is 0 Å². The molecule has 0 radical (unpaired) electrons. The molecule has 0 heterocycles. The van der Waals surface area contributed by atoms with Crippen LogP contribution in [0.3, 0.4) is 0 Å². The van der Waals surface area contributed by atoms with Gasteiger partial charge in [0.2, 0.25) is 0 Å². The maximum absolute atomic E-state index is 4.99. The number of rotatable bonds is 8. The largest absolute Gasteiger partial charge is 0.383 e. The van der Waals surface area contributed by atoms with Gasteiger partial charge in [-0.1, -0.05) is 24.3 Å². The van der Waals surface area contributed by atoms with Gasteiger partial charge < -0.3 is 10.1 Å². The van der Waals surface area contributed by atoms with Crippen molar-refractivity contribution in [2.45, 2.75) is 18.4 Å². The van der Waals surface area contributed by atoms with E-state index in [4.69, 9.17) is 4.74 Å². The number of hydrogen-bond donors (Lipinski definition) is 1. The van der Waals surface area contributed by atoms with E-state index in [1.165, 1.54) is 10.5 Å². The van der Waals surface area contributed by atoms with E-state index < -0.39 is 0 Å². The average molecular weight is 251 g/mol. The summed E-state index contributed by atoms with van der Waals surface area (Å²) in [4.78, 5) is 1.33. The van der Waals surface area contributed by atoms with Gasteiger partial charge in [0, 0.05) is 30.8 Å². The second-order valence-electron chi connectivity index (χ2n) is 3.70. The predicted octanol–water partition coefficient (Wildman–Crippen LogP) is 3.09. The van der Waals surface area contributed by atoms with Crippen LogP contribution in [0.25, 0.3) is 0 Å². The summed E-state index contributed by atoms with van der Waals surface area (Å²) in [5.41, 5.74) is 1.33. The molecule has 0 aliphatic heterocycles. The summed E-state index contributed by atoms with van der Waals surface area (Å²) < 4.78 is 4.99. The van der Waals surface area contributed by atoms with Crippen LogP contribution >= 0.6 is 11.8 Å². The van der Waals surface area contributed by atoms with Crippen molar-refractivity contribution >= 4 is 11.8 Å². The molecule has 1 N–H and O–H groups in total. The molecule has 0 amide bonds. The van der Waals surface area contributed by atoms with E-state index in [1.807, 2.05) is 11.8 Å². The summed E-state index contributed by atoms with van der Waals surface area (Å²) in [5.74, 6) is 1.04. The van der Waals surface area contributed by atoms with Crippen molar-refractivity contribution in [1.82, 2.24) is 5.32 Å². The Balaban J connectivity index is 2.36. The zero-order chi connectivity index (χ0) is 12.3. The Morgan fingerprint density at radius 3 is 3.06 bits per heavy atom. The molecule has 17 heavy (non-hydrogen) atoms. The zero-order valence-electron chi connectivity index (χ0n) is 10.6. The third-order valence-corrected chi connectivity index (χ3v) is 3.24. The molecule has 0 aliphatic rings. The highest BCUT2D eigenvalue weighted by atomic mass is 32.2. The van der Waals surface area contributed by atoms with E-state index in [-0.39, 0.29) is 0 Å². The topological polar surface area (TPSA) is 21.3 Å². The Morgan fingerprint density at radius 2 is 2.29 bits per heavy atom. The van der Waals surface area contributed by atoms with Gasteiger partial charge in [-0.3, -0.25) is 0 Å². The molecule has 1 aromatic carbocycles. The number of methoxy groups -OCH3 is 1. The summed E-state index contributed by atoms with van der Waals surface area (Å²) in [6.07, 6.45) is 4.26. The van der Waals surface area contributed by atoms with Gasteiger partial charge in [0.15, 0.2) is 0 Å². The number of hydrogen-bond acceptors (Lipinski definition) is 3. The summed E-state index contributed by atoms with van der Waals surface area (Å²) >= 11 is 1.86. The first-order chi connectivity index (χ1) is 8.36. The number of allylic oxidation sites excluding steroid dienone is 1. The van der Waals surface area contributed by atoms with Gasteiger partial charge in [0.1, 0.15) is 0 Å². The van der Waals surface area contributed by atoms with E-state index in [2.05, 4.69) is 48.7 Å². The maximum Gasteiger partial charge on any atom is 0.0587 e. The minimum absolute atomic E-state index is 0.760. The van der Waals surface area contributed by atoms with Crippen LogP contribution in [0, 0.1) is 0 Å². The highest BCUT2D eigenvalue weighted by Crippen LogP contribution is 2.19. The fraction of sp³-hybridized carbons (Fsp3) is 0.429. The van der Waals surface area contributed by atoms with Gasteiger partial charge in [-0.15, -0.1) is 11.8 Å². The van der Waals surface area contributed by atoms with Crippen LogP contribution in [-0.4, -0.2) is 26.0 Å². The van der Waals surface area contributed by atoms with Crippen molar-refractivity contribution in [2.24, 2.45) is 0 Å². The predicted molar refractivity (Wildman–Crippen MR) is 75.6 cm³/mol. The molecule has 0 aromatic heterocycles. The quantitative estimate of drug-likeness (QED) is 0.436.